The molecule has 0 spiro atoms. The van der Waals surface area contributed by atoms with Crippen molar-refractivity contribution in [1.29, 1.82) is 0 Å². The third-order valence-electron chi connectivity index (χ3n) is 3.99. The molecule has 3 rings (SSSR count). The number of nitrogens with zero attached hydrogens (tertiary/aromatic N) is 2. The van der Waals surface area contributed by atoms with Crippen LogP contribution in [0, 0.1) is 0 Å². The number of aromatic nitrogens is 1. The average Bonchev–Trinajstić information content (AvgIpc) is 3.38. The van der Waals surface area contributed by atoms with Crippen LogP contribution in [0.2, 0.25) is 0 Å². The van der Waals surface area contributed by atoms with Crippen molar-refractivity contribution in [2.24, 2.45) is 0 Å². The molecule has 6 nitrogen and oxygen atoms in total. The predicted octanol–water partition coefficient (Wildman–Crippen LogP) is 3.03. The number of thiazole rings is 1. The molecule has 0 aliphatic heterocycles. The summed E-state index contributed by atoms with van der Waals surface area (Å²) in [7, 11) is 0. The number of carbonyl (C=O) groups excluding carboxylic acids is 2. The van der Waals surface area contributed by atoms with Crippen molar-refractivity contribution >= 4 is 23.2 Å². The Hall–Kier alpha value is -2.25. The number of amides is 1. The topological polar surface area (TPSA) is 68.7 Å². The molecule has 0 bridgehead atoms. The summed E-state index contributed by atoms with van der Waals surface area (Å²) in [5.74, 6) is -0.471. The number of benzene rings is 1. The van der Waals surface area contributed by atoms with Gasteiger partial charge in [-0.3, -0.25) is 4.79 Å². The Labute approximate surface area is 156 Å². The van der Waals surface area contributed by atoms with Crippen molar-refractivity contribution in [2.75, 3.05) is 13.2 Å². The molecule has 1 amide bonds. The first-order chi connectivity index (χ1) is 12.7. The molecular formula is C19H22N2O4S. The third kappa shape index (κ3) is 5.12. The Bertz CT molecular complexity index is 743. The van der Waals surface area contributed by atoms with Crippen LogP contribution in [0.3, 0.4) is 0 Å². The van der Waals surface area contributed by atoms with Crippen LogP contribution in [0.15, 0.2) is 35.7 Å². The first kappa shape index (κ1) is 18.5. The summed E-state index contributed by atoms with van der Waals surface area (Å²) in [4.78, 5) is 30.4. The second kappa shape index (κ2) is 8.91. The summed E-state index contributed by atoms with van der Waals surface area (Å²) >= 11 is 1.37. The Kier molecular flexibility index (Phi) is 6.35. The molecule has 0 saturated heterocycles. The van der Waals surface area contributed by atoms with Crippen molar-refractivity contribution in [3.63, 3.8) is 0 Å². The van der Waals surface area contributed by atoms with Gasteiger partial charge in [-0.05, 0) is 25.3 Å². The van der Waals surface area contributed by atoms with Crippen molar-refractivity contribution in [1.82, 2.24) is 9.88 Å². The highest BCUT2D eigenvalue weighted by Gasteiger charge is 2.33. The van der Waals surface area contributed by atoms with Gasteiger partial charge in [-0.2, -0.15) is 0 Å². The van der Waals surface area contributed by atoms with E-state index in [0.29, 0.717) is 25.5 Å². The van der Waals surface area contributed by atoms with Gasteiger partial charge < -0.3 is 14.4 Å². The van der Waals surface area contributed by atoms with Crippen LogP contribution in [0.25, 0.3) is 0 Å². The van der Waals surface area contributed by atoms with Crippen LogP contribution in [0.4, 0.5) is 0 Å². The largest absolute Gasteiger partial charge is 0.461 e. The van der Waals surface area contributed by atoms with Gasteiger partial charge in [-0.15, -0.1) is 11.3 Å². The van der Waals surface area contributed by atoms with E-state index in [-0.39, 0.29) is 18.6 Å². The maximum absolute atomic E-state index is 12.5. The summed E-state index contributed by atoms with van der Waals surface area (Å²) in [5.41, 5.74) is 1.34. The average molecular weight is 374 g/mol. The van der Waals surface area contributed by atoms with Gasteiger partial charge in [0.1, 0.15) is 11.6 Å². The van der Waals surface area contributed by atoms with Crippen LogP contribution >= 0.6 is 11.3 Å². The highest BCUT2D eigenvalue weighted by Crippen LogP contribution is 2.29. The van der Waals surface area contributed by atoms with Crippen LogP contribution < -0.4 is 0 Å². The number of ether oxygens (including phenoxy) is 2. The lowest BCUT2D eigenvalue weighted by Gasteiger charge is -2.21. The predicted molar refractivity (Wildman–Crippen MR) is 97.7 cm³/mol. The molecule has 26 heavy (non-hydrogen) atoms. The molecular weight excluding hydrogens is 352 g/mol. The lowest BCUT2D eigenvalue weighted by Crippen LogP contribution is -2.35. The summed E-state index contributed by atoms with van der Waals surface area (Å²) in [6.45, 7) is 2.93. The van der Waals surface area contributed by atoms with Gasteiger partial charge in [0.2, 0.25) is 5.91 Å². The van der Waals surface area contributed by atoms with E-state index >= 15 is 0 Å². The molecule has 1 saturated carbocycles. The van der Waals surface area contributed by atoms with Crippen LogP contribution in [0.1, 0.15) is 40.8 Å². The van der Waals surface area contributed by atoms with Gasteiger partial charge in [0.25, 0.3) is 0 Å². The molecule has 1 heterocycles. The Morgan fingerprint density at radius 2 is 2.04 bits per heavy atom. The number of rotatable bonds is 9. The molecule has 0 unspecified atom stereocenters. The molecule has 0 atom stereocenters. The summed E-state index contributed by atoms with van der Waals surface area (Å²) in [6.07, 6.45) is 2.00. The molecule has 1 aliphatic rings. The van der Waals surface area contributed by atoms with Gasteiger partial charge in [-0.25, -0.2) is 9.78 Å². The van der Waals surface area contributed by atoms with Gasteiger partial charge in [0.05, 0.1) is 19.8 Å². The van der Waals surface area contributed by atoms with E-state index < -0.39 is 5.97 Å². The van der Waals surface area contributed by atoms with E-state index in [2.05, 4.69) is 4.98 Å². The number of carbonyl (C=O) groups is 2. The highest BCUT2D eigenvalue weighted by molar-refractivity contribution is 7.09. The second-order valence-corrected chi connectivity index (χ2v) is 7.02. The molecule has 138 valence electrons. The molecule has 1 aliphatic carbocycles. The van der Waals surface area contributed by atoms with E-state index in [9.17, 15) is 9.59 Å². The lowest BCUT2D eigenvalue weighted by atomic mass is 10.2. The quantitative estimate of drug-likeness (QED) is 0.631. The van der Waals surface area contributed by atoms with Gasteiger partial charge in [-0.1, -0.05) is 30.3 Å². The molecule has 2 aromatic rings. The summed E-state index contributed by atoms with van der Waals surface area (Å²) < 4.78 is 10.5. The van der Waals surface area contributed by atoms with Crippen molar-refractivity contribution in [3.05, 3.63) is 52.0 Å². The zero-order valence-electron chi connectivity index (χ0n) is 14.7. The fourth-order valence-corrected chi connectivity index (χ4v) is 3.31. The molecule has 0 radical (unpaired) electrons. The third-order valence-corrected chi connectivity index (χ3v) is 4.82. The van der Waals surface area contributed by atoms with Crippen LogP contribution in [-0.2, 0) is 27.4 Å². The molecule has 1 aromatic heterocycles. The second-order valence-electron chi connectivity index (χ2n) is 6.08. The van der Waals surface area contributed by atoms with Gasteiger partial charge in [0, 0.05) is 11.4 Å². The van der Waals surface area contributed by atoms with Crippen LogP contribution in [0.5, 0.6) is 0 Å². The fourth-order valence-electron chi connectivity index (χ4n) is 2.55. The van der Waals surface area contributed by atoms with Crippen LogP contribution in [-0.4, -0.2) is 41.0 Å². The smallest absolute Gasteiger partial charge is 0.357 e. The molecule has 7 heteroatoms. The first-order valence-electron chi connectivity index (χ1n) is 8.70. The maximum atomic E-state index is 12.5. The van der Waals surface area contributed by atoms with E-state index in [4.69, 9.17) is 9.47 Å². The zero-order valence-corrected chi connectivity index (χ0v) is 15.5. The van der Waals surface area contributed by atoms with Crippen molar-refractivity contribution in [3.8, 4) is 0 Å². The summed E-state index contributed by atoms with van der Waals surface area (Å²) in [6, 6.07) is 10.0. The Morgan fingerprint density at radius 1 is 1.27 bits per heavy atom. The Morgan fingerprint density at radius 3 is 2.73 bits per heavy atom. The first-order valence-corrected chi connectivity index (χ1v) is 9.58. The molecule has 1 aromatic carbocycles. The van der Waals surface area contributed by atoms with Gasteiger partial charge in [0.15, 0.2) is 5.69 Å². The fraction of sp³-hybridized carbons (Fsp3) is 0.421. The van der Waals surface area contributed by atoms with E-state index in [1.54, 1.807) is 17.2 Å². The highest BCUT2D eigenvalue weighted by atomic mass is 32.1. The van der Waals surface area contributed by atoms with E-state index in [1.165, 1.54) is 11.3 Å². The van der Waals surface area contributed by atoms with E-state index in [0.717, 1.165) is 23.4 Å². The summed E-state index contributed by atoms with van der Waals surface area (Å²) in [5, 5.41) is 2.41. The molecule has 0 N–H and O–H groups in total. The minimum absolute atomic E-state index is 0.0432. The Balaban J connectivity index is 1.53. The zero-order chi connectivity index (χ0) is 18.4. The minimum atomic E-state index is -0.425. The number of hydrogen-bond acceptors (Lipinski definition) is 6. The van der Waals surface area contributed by atoms with E-state index in [1.807, 2.05) is 30.3 Å². The van der Waals surface area contributed by atoms with Crippen molar-refractivity contribution < 1.29 is 19.1 Å². The standard InChI is InChI=1S/C19H22N2O4S/c1-2-25-19(23)16-13-26-17(20-16)10-21(15-8-9-15)18(22)12-24-11-14-6-4-3-5-7-14/h3-7,13,15H,2,8-12H2,1H3. The number of hydrogen-bond donors (Lipinski definition) is 0. The van der Waals surface area contributed by atoms with Crippen molar-refractivity contribution in [2.45, 2.75) is 39.0 Å². The normalized spacial score (nSPS) is 13.4. The minimum Gasteiger partial charge on any atom is -0.461 e. The monoisotopic (exact) mass is 374 g/mol. The maximum Gasteiger partial charge on any atom is 0.357 e. The number of esters is 1. The van der Waals surface area contributed by atoms with Gasteiger partial charge >= 0.3 is 5.97 Å². The lowest BCUT2D eigenvalue weighted by molar-refractivity contribution is -0.137. The SMILES string of the molecule is CCOC(=O)c1csc(CN(C(=O)COCc2ccccc2)C2CC2)n1. The molecule has 1 fully saturated rings.